The minimum Gasteiger partial charge on any atom is -0.378 e. The van der Waals surface area contributed by atoms with Crippen molar-refractivity contribution >= 4 is 23.7 Å². The van der Waals surface area contributed by atoms with E-state index < -0.39 is 29.1 Å². The van der Waals surface area contributed by atoms with Crippen LogP contribution in [-0.4, -0.2) is 65.5 Å². The van der Waals surface area contributed by atoms with Crippen LogP contribution in [0, 0.1) is 11.6 Å². The number of hydrogen-bond acceptors (Lipinski definition) is 5. The average Bonchev–Trinajstić information content (AvgIpc) is 3.46. The fourth-order valence-electron chi connectivity index (χ4n) is 6.71. The largest absolute Gasteiger partial charge is 0.378 e. The molecule has 4 heterocycles. The Kier molecular flexibility index (Phi) is 6.01. The van der Waals surface area contributed by atoms with Gasteiger partial charge in [0.1, 0.15) is 23.5 Å². The Morgan fingerprint density at radius 3 is 2.73 bits per heavy atom. The molecule has 3 aromatic rings. The topological polar surface area (TPSA) is 74.8 Å². The summed E-state index contributed by atoms with van der Waals surface area (Å²) >= 11 is 0. The van der Waals surface area contributed by atoms with Crippen molar-refractivity contribution in [2.75, 3.05) is 38.2 Å². The molecular formula is C31H28F2N4O3. The van der Waals surface area contributed by atoms with Gasteiger partial charge >= 0.3 is 0 Å². The van der Waals surface area contributed by atoms with Crippen LogP contribution in [0.15, 0.2) is 60.8 Å². The SMILES string of the molecule is O=C1[C@H]2COCCN2C[C@@H](c2cc(F)cc(F)c2)N1CC=Cc1ccc2c(c1)C[C@@]1(C2)C(=O)Nc2ncccc21. The van der Waals surface area contributed by atoms with E-state index in [1.807, 2.05) is 35.3 Å². The number of fused-ring (bicyclic) bond motifs is 4. The second kappa shape index (κ2) is 9.60. The van der Waals surface area contributed by atoms with Gasteiger partial charge in [0, 0.05) is 37.5 Å². The van der Waals surface area contributed by atoms with Crippen LogP contribution in [0.5, 0.6) is 0 Å². The first-order valence-corrected chi connectivity index (χ1v) is 13.5. The molecule has 1 aliphatic carbocycles. The first kappa shape index (κ1) is 25.0. The van der Waals surface area contributed by atoms with Crippen LogP contribution in [0.25, 0.3) is 6.08 Å². The molecule has 3 atom stereocenters. The molecule has 1 spiro atoms. The normalized spacial score (nSPS) is 25.8. The minimum atomic E-state index is -0.660. The predicted molar refractivity (Wildman–Crippen MR) is 144 cm³/mol. The van der Waals surface area contributed by atoms with Crippen LogP contribution in [0.2, 0.25) is 0 Å². The second-order valence-corrected chi connectivity index (χ2v) is 11.0. The quantitative estimate of drug-likeness (QED) is 0.545. The molecule has 204 valence electrons. The molecule has 7 rings (SSSR count). The van der Waals surface area contributed by atoms with E-state index in [9.17, 15) is 18.4 Å². The highest BCUT2D eigenvalue weighted by molar-refractivity contribution is 6.06. The van der Waals surface area contributed by atoms with Crippen molar-refractivity contribution in [2.24, 2.45) is 0 Å². The van der Waals surface area contributed by atoms with Crippen molar-refractivity contribution in [3.05, 3.63) is 100 Å². The molecule has 2 saturated heterocycles. The van der Waals surface area contributed by atoms with Gasteiger partial charge in [0.25, 0.3) is 0 Å². The highest BCUT2D eigenvalue weighted by Crippen LogP contribution is 2.46. The van der Waals surface area contributed by atoms with Crippen molar-refractivity contribution in [1.82, 2.24) is 14.8 Å². The standard InChI is InChI=1S/C31H28F2N4O3/c32-23-12-21(13-24(33)14-23)26-17-36-9-10-40-18-27(36)29(38)37(26)8-2-3-19-5-6-20-15-31(16-22(20)11-19)25-4-1-7-34-28(25)35-30(31)39/h1-7,11-14,26-27H,8-10,15-18H2,(H,34,35,39)/t26-,27+,31+/m0/s1. The molecule has 0 radical (unpaired) electrons. The smallest absolute Gasteiger partial charge is 0.243 e. The average molecular weight is 543 g/mol. The lowest BCUT2D eigenvalue weighted by atomic mass is 9.79. The van der Waals surface area contributed by atoms with Crippen molar-refractivity contribution in [1.29, 1.82) is 0 Å². The number of hydrogen-bond donors (Lipinski definition) is 1. The fourth-order valence-corrected chi connectivity index (χ4v) is 6.71. The molecule has 2 aromatic carbocycles. The van der Waals surface area contributed by atoms with E-state index in [0.717, 1.165) is 28.3 Å². The zero-order chi connectivity index (χ0) is 27.4. The molecule has 40 heavy (non-hydrogen) atoms. The summed E-state index contributed by atoms with van der Waals surface area (Å²) in [6.07, 6.45) is 6.78. The number of pyridine rings is 1. The van der Waals surface area contributed by atoms with Gasteiger partial charge < -0.3 is 15.0 Å². The van der Waals surface area contributed by atoms with Gasteiger partial charge in [0.2, 0.25) is 11.8 Å². The number of amides is 2. The van der Waals surface area contributed by atoms with Gasteiger partial charge in [-0.25, -0.2) is 13.8 Å². The molecule has 0 saturated carbocycles. The van der Waals surface area contributed by atoms with E-state index in [2.05, 4.69) is 22.4 Å². The van der Waals surface area contributed by atoms with Crippen molar-refractivity contribution in [3.63, 3.8) is 0 Å². The van der Waals surface area contributed by atoms with E-state index in [-0.39, 0.29) is 18.4 Å². The number of carbonyl (C=O) groups is 2. The zero-order valence-electron chi connectivity index (χ0n) is 21.8. The third-order valence-corrected chi connectivity index (χ3v) is 8.68. The third-order valence-electron chi connectivity index (χ3n) is 8.68. The number of nitrogens with one attached hydrogen (secondary N) is 1. The first-order chi connectivity index (χ1) is 19.4. The predicted octanol–water partition coefficient (Wildman–Crippen LogP) is 3.65. The Balaban J connectivity index is 1.13. The summed E-state index contributed by atoms with van der Waals surface area (Å²) in [6, 6.07) is 12.6. The molecular weight excluding hydrogens is 514 g/mol. The summed E-state index contributed by atoms with van der Waals surface area (Å²) in [5.41, 5.74) is 3.97. The van der Waals surface area contributed by atoms with Gasteiger partial charge in [0.15, 0.2) is 0 Å². The minimum absolute atomic E-state index is 0.0151. The monoisotopic (exact) mass is 542 g/mol. The Labute approximate surface area is 230 Å². The van der Waals surface area contributed by atoms with E-state index >= 15 is 0 Å². The summed E-state index contributed by atoms with van der Waals surface area (Å²) < 4.78 is 33.8. The van der Waals surface area contributed by atoms with Crippen LogP contribution in [0.4, 0.5) is 14.6 Å². The van der Waals surface area contributed by atoms with Gasteiger partial charge in [0.05, 0.1) is 24.7 Å². The highest BCUT2D eigenvalue weighted by atomic mass is 19.1. The molecule has 1 aromatic heterocycles. The van der Waals surface area contributed by atoms with E-state index in [1.165, 1.54) is 12.1 Å². The number of ether oxygens (including phenoxy) is 1. The molecule has 3 aliphatic heterocycles. The van der Waals surface area contributed by atoms with Gasteiger partial charge in [-0.3, -0.25) is 14.5 Å². The Morgan fingerprint density at radius 1 is 1.05 bits per heavy atom. The summed E-state index contributed by atoms with van der Waals surface area (Å²) in [5.74, 6) is -0.805. The Hall–Kier alpha value is -3.95. The van der Waals surface area contributed by atoms with Crippen LogP contribution in [0.1, 0.15) is 33.9 Å². The zero-order valence-corrected chi connectivity index (χ0v) is 21.8. The van der Waals surface area contributed by atoms with E-state index in [4.69, 9.17) is 4.74 Å². The summed E-state index contributed by atoms with van der Waals surface area (Å²) in [4.78, 5) is 34.6. The van der Waals surface area contributed by atoms with Gasteiger partial charge in [-0.05, 0) is 53.3 Å². The van der Waals surface area contributed by atoms with E-state index in [0.29, 0.717) is 50.5 Å². The summed E-state index contributed by atoms with van der Waals surface area (Å²) in [5, 5.41) is 2.94. The number of piperazine rings is 1. The third kappa shape index (κ3) is 4.12. The second-order valence-electron chi connectivity index (χ2n) is 11.0. The molecule has 2 amide bonds. The van der Waals surface area contributed by atoms with Crippen molar-refractivity contribution in [2.45, 2.75) is 30.3 Å². The maximum Gasteiger partial charge on any atom is 0.243 e. The number of aromatic nitrogens is 1. The highest BCUT2D eigenvalue weighted by Gasteiger charge is 2.51. The lowest BCUT2D eigenvalue weighted by Gasteiger charge is -2.47. The number of carbonyl (C=O) groups excluding carboxylic acids is 2. The van der Waals surface area contributed by atoms with Crippen LogP contribution in [0.3, 0.4) is 0 Å². The number of benzene rings is 2. The maximum absolute atomic E-state index is 14.1. The molecule has 2 fully saturated rings. The van der Waals surface area contributed by atoms with Gasteiger partial charge in [-0.1, -0.05) is 36.4 Å². The molecule has 1 N–H and O–H groups in total. The molecule has 0 unspecified atom stereocenters. The summed E-state index contributed by atoms with van der Waals surface area (Å²) in [7, 11) is 0. The molecule has 7 nitrogen and oxygen atoms in total. The van der Waals surface area contributed by atoms with Crippen molar-refractivity contribution in [3.8, 4) is 0 Å². The summed E-state index contributed by atoms with van der Waals surface area (Å²) in [6.45, 7) is 2.20. The van der Waals surface area contributed by atoms with Crippen LogP contribution >= 0.6 is 0 Å². The van der Waals surface area contributed by atoms with Crippen LogP contribution in [-0.2, 0) is 32.6 Å². The fraction of sp³-hybridized carbons (Fsp3) is 0.323. The number of morpholine rings is 1. The number of halogens is 2. The Bertz CT molecular complexity index is 1540. The first-order valence-electron chi connectivity index (χ1n) is 13.5. The Morgan fingerprint density at radius 2 is 1.88 bits per heavy atom. The maximum atomic E-state index is 14.1. The lowest BCUT2D eigenvalue weighted by Crippen LogP contribution is -2.62. The molecule has 4 aliphatic rings. The number of rotatable bonds is 4. The van der Waals surface area contributed by atoms with Gasteiger partial charge in [-0.2, -0.15) is 0 Å². The van der Waals surface area contributed by atoms with Crippen LogP contribution < -0.4 is 5.32 Å². The molecule has 9 heteroatoms. The number of anilines is 1. The van der Waals surface area contributed by atoms with E-state index in [1.54, 1.807) is 11.1 Å². The molecule has 0 bridgehead atoms. The van der Waals surface area contributed by atoms with Crippen molar-refractivity contribution < 1.29 is 23.1 Å². The number of nitrogens with zero attached hydrogens (tertiary/aromatic N) is 3. The van der Waals surface area contributed by atoms with Gasteiger partial charge in [-0.15, -0.1) is 0 Å². The lowest BCUT2D eigenvalue weighted by molar-refractivity contribution is -0.154.